The van der Waals surface area contributed by atoms with Crippen LogP contribution in [0.2, 0.25) is 0 Å². The average molecular weight is 275 g/mol. The Balaban J connectivity index is 2.58. The molecule has 0 aliphatic carbocycles. The fourth-order valence-corrected chi connectivity index (χ4v) is 2.40. The van der Waals surface area contributed by atoms with E-state index in [9.17, 15) is 0 Å². The summed E-state index contributed by atoms with van der Waals surface area (Å²) in [6.07, 6.45) is 4.94. The van der Waals surface area contributed by atoms with Gasteiger partial charge < -0.3 is 5.32 Å². The molecule has 114 valence electrons. The quantitative estimate of drug-likeness (QED) is 0.731. The first kappa shape index (κ1) is 17.2. The van der Waals surface area contributed by atoms with Crippen LogP contribution in [0.25, 0.3) is 0 Å². The van der Waals surface area contributed by atoms with Crippen LogP contribution >= 0.6 is 0 Å². The molecule has 1 heteroatoms. The van der Waals surface area contributed by atoms with Gasteiger partial charge in [-0.1, -0.05) is 51.5 Å². The van der Waals surface area contributed by atoms with Crippen molar-refractivity contribution in [3.63, 3.8) is 0 Å². The molecule has 0 unspecified atom stereocenters. The van der Waals surface area contributed by atoms with Crippen LogP contribution in [0.1, 0.15) is 71.9 Å². The smallest absolute Gasteiger partial charge is 0.00965 e. The standard InChI is InChI=1S/C19H33N/c1-7-8-9-16-10-12-17(13-11-16)19(5,6)14-15-20-18(2,3)4/h10-13,20H,7-9,14-15H2,1-6H3. The fraction of sp³-hybridized carbons (Fsp3) is 0.684. The summed E-state index contributed by atoms with van der Waals surface area (Å²) in [7, 11) is 0. The fourth-order valence-electron chi connectivity index (χ4n) is 2.40. The lowest BCUT2D eigenvalue weighted by atomic mass is 9.81. The van der Waals surface area contributed by atoms with Crippen molar-refractivity contribution in [2.45, 2.75) is 78.2 Å². The van der Waals surface area contributed by atoms with Crippen molar-refractivity contribution in [3.05, 3.63) is 35.4 Å². The molecule has 1 aromatic carbocycles. The normalized spacial score (nSPS) is 12.7. The SMILES string of the molecule is CCCCc1ccc(C(C)(C)CCNC(C)(C)C)cc1. The molecule has 1 aromatic rings. The van der Waals surface area contributed by atoms with Crippen LogP contribution in [0.3, 0.4) is 0 Å². The van der Waals surface area contributed by atoms with Gasteiger partial charge in [-0.2, -0.15) is 0 Å². The van der Waals surface area contributed by atoms with Gasteiger partial charge in [-0.3, -0.25) is 0 Å². The lowest BCUT2D eigenvalue weighted by Gasteiger charge is -2.28. The Bertz CT molecular complexity index is 381. The summed E-state index contributed by atoms with van der Waals surface area (Å²) in [6, 6.07) is 9.26. The minimum atomic E-state index is 0.208. The van der Waals surface area contributed by atoms with Gasteiger partial charge in [0.15, 0.2) is 0 Å². The zero-order valence-corrected chi connectivity index (χ0v) is 14.3. The van der Waals surface area contributed by atoms with Crippen LogP contribution in [0.15, 0.2) is 24.3 Å². The maximum Gasteiger partial charge on any atom is 0.00965 e. The highest BCUT2D eigenvalue weighted by molar-refractivity contribution is 5.28. The van der Waals surface area contributed by atoms with E-state index >= 15 is 0 Å². The third kappa shape index (κ3) is 6.09. The molecule has 1 rings (SSSR count). The predicted octanol–water partition coefficient (Wildman–Crippen LogP) is 5.09. The molecule has 0 fully saturated rings. The molecule has 0 bridgehead atoms. The minimum absolute atomic E-state index is 0.208. The van der Waals surface area contributed by atoms with Crippen molar-refractivity contribution in [2.24, 2.45) is 0 Å². The summed E-state index contributed by atoms with van der Waals surface area (Å²) in [5.74, 6) is 0. The van der Waals surface area contributed by atoms with Gasteiger partial charge in [0.25, 0.3) is 0 Å². The van der Waals surface area contributed by atoms with Crippen molar-refractivity contribution in [3.8, 4) is 0 Å². The number of hydrogen-bond acceptors (Lipinski definition) is 1. The van der Waals surface area contributed by atoms with Crippen molar-refractivity contribution in [1.29, 1.82) is 0 Å². The number of aryl methyl sites for hydroxylation is 1. The van der Waals surface area contributed by atoms with Crippen LogP contribution in [0.5, 0.6) is 0 Å². The highest BCUT2D eigenvalue weighted by atomic mass is 14.9. The van der Waals surface area contributed by atoms with Gasteiger partial charge in [0.1, 0.15) is 0 Å². The predicted molar refractivity (Wildman–Crippen MR) is 90.5 cm³/mol. The first-order valence-electron chi connectivity index (χ1n) is 8.09. The molecule has 0 aromatic heterocycles. The highest BCUT2D eigenvalue weighted by Crippen LogP contribution is 2.27. The van der Waals surface area contributed by atoms with E-state index in [1.807, 2.05) is 0 Å². The van der Waals surface area contributed by atoms with Gasteiger partial charge in [-0.15, -0.1) is 0 Å². The Morgan fingerprint density at radius 1 is 0.950 bits per heavy atom. The molecule has 0 aliphatic heterocycles. The Hall–Kier alpha value is -0.820. The Labute approximate surface area is 126 Å². The second-order valence-electron chi connectivity index (χ2n) is 7.61. The summed E-state index contributed by atoms with van der Waals surface area (Å²) < 4.78 is 0. The number of hydrogen-bond donors (Lipinski definition) is 1. The van der Waals surface area contributed by atoms with Crippen LogP contribution in [-0.2, 0) is 11.8 Å². The molecule has 20 heavy (non-hydrogen) atoms. The number of unbranched alkanes of at least 4 members (excludes halogenated alkanes) is 1. The van der Waals surface area contributed by atoms with E-state index in [1.165, 1.54) is 36.8 Å². The highest BCUT2D eigenvalue weighted by Gasteiger charge is 2.21. The summed E-state index contributed by atoms with van der Waals surface area (Å²) >= 11 is 0. The Morgan fingerprint density at radius 3 is 2.05 bits per heavy atom. The molecule has 0 atom stereocenters. The van der Waals surface area contributed by atoms with Gasteiger partial charge in [0.2, 0.25) is 0 Å². The lowest BCUT2D eigenvalue weighted by molar-refractivity contribution is 0.379. The molecule has 0 radical (unpaired) electrons. The monoisotopic (exact) mass is 275 g/mol. The third-order valence-electron chi connectivity index (χ3n) is 3.96. The van der Waals surface area contributed by atoms with E-state index in [1.54, 1.807) is 0 Å². The molecule has 0 spiro atoms. The molecule has 0 aliphatic rings. The maximum absolute atomic E-state index is 3.59. The van der Waals surface area contributed by atoms with Gasteiger partial charge in [0, 0.05) is 5.54 Å². The van der Waals surface area contributed by atoms with E-state index in [0.717, 1.165) is 6.54 Å². The van der Waals surface area contributed by atoms with Crippen molar-refractivity contribution in [1.82, 2.24) is 5.32 Å². The van der Waals surface area contributed by atoms with Gasteiger partial charge >= 0.3 is 0 Å². The summed E-state index contributed by atoms with van der Waals surface area (Å²) in [4.78, 5) is 0. The molecule has 0 heterocycles. The summed E-state index contributed by atoms with van der Waals surface area (Å²) in [6.45, 7) is 14.7. The van der Waals surface area contributed by atoms with Crippen molar-refractivity contribution < 1.29 is 0 Å². The zero-order chi connectivity index (χ0) is 15.2. The van der Waals surface area contributed by atoms with E-state index in [4.69, 9.17) is 0 Å². The van der Waals surface area contributed by atoms with Crippen LogP contribution in [-0.4, -0.2) is 12.1 Å². The molecular weight excluding hydrogens is 242 g/mol. The topological polar surface area (TPSA) is 12.0 Å². The molecule has 0 saturated heterocycles. The van der Waals surface area contributed by atoms with Gasteiger partial charge in [-0.25, -0.2) is 0 Å². The molecule has 0 amide bonds. The maximum atomic E-state index is 3.59. The van der Waals surface area contributed by atoms with E-state index in [2.05, 4.69) is 71.1 Å². The first-order chi connectivity index (χ1) is 9.24. The lowest BCUT2D eigenvalue weighted by Crippen LogP contribution is -2.38. The molecule has 0 saturated carbocycles. The number of rotatable bonds is 7. The van der Waals surface area contributed by atoms with Crippen LogP contribution in [0, 0.1) is 0 Å². The second-order valence-corrected chi connectivity index (χ2v) is 7.61. The summed E-state index contributed by atoms with van der Waals surface area (Å²) in [5, 5.41) is 3.59. The molecule has 1 nitrogen and oxygen atoms in total. The van der Waals surface area contributed by atoms with Crippen molar-refractivity contribution in [2.75, 3.05) is 6.54 Å². The summed E-state index contributed by atoms with van der Waals surface area (Å²) in [5.41, 5.74) is 3.37. The number of benzene rings is 1. The van der Waals surface area contributed by atoms with Gasteiger partial charge in [-0.05, 0) is 63.1 Å². The average Bonchev–Trinajstić information content (AvgIpc) is 2.35. The van der Waals surface area contributed by atoms with Crippen molar-refractivity contribution >= 4 is 0 Å². The van der Waals surface area contributed by atoms with E-state index < -0.39 is 0 Å². The van der Waals surface area contributed by atoms with E-state index in [0.29, 0.717) is 0 Å². The Kier molecular flexibility index (Phi) is 6.26. The molecular formula is C19H33N. The third-order valence-corrected chi connectivity index (χ3v) is 3.96. The minimum Gasteiger partial charge on any atom is -0.312 e. The van der Waals surface area contributed by atoms with Gasteiger partial charge in [0.05, 0.1) is 0 Å². The first-order valence-corrected chi connectivity index (χ1v) is 8.09. The second kappa shape index (κ2) is 7.26. The largest absolute Gasteiger partial charge is 0.312 e. The zero-order valence-electron chi connectivity index (χ0n) is 14.3. The molecule has 1 N–H and O–H groups in total. The number of nitrogens with one attached hydrogen (secondary N) is 1. The Morgan fingerprint density at radius 2 is 1.55 bits per heavy atom. The van der Waals surface area contributed by atoms with Crippen LogP contribution in [0.4, 0.5) is 0 Å². The van der Waals surface area contributed by atoms with E-state index in [-0.39, 0.29) is 11.0 Å². The van der Waals surface area contributed by atoms with Crippen LogP contribution < -0.4 is 5.32 Å².